The molecule has 2 aromatic rings. The van der Waals surface area contributed by atoms with Crippen molar-refractivity contribution in [3.05, 3.63) is 24.3 Å². The van der Waals surface area contributed by atoms with Crippen LogP contribution in [-0.2, 0) is 0 Å². The fourth-order valence-electron chi connectivity index (χ4n) is 1.19. The largest absolute Gasteiger partial charge is 0.375 e. The zero-order valence-electron chi connectivity index (χ0n) is 7.57. The predicted octanol–water partition coefficient (Wildman–Crippen LogP) is 0.929. The average molecular weight is 225 g/mol. The third-order valence-electron chi connectivity index (χ3n) is 1.80. The number of halogens is 1. The number of thiocarbonyl (C=S) groups is 1. The second kappa shape index (κ2) is 3.70. The molecule has 7 heteroatoms. The summed E-state index contributed by atoms with van der Waals surface area (Å²) in [4.78, 5) is 4.40. The lowest BCUT2D eigenvalue weighted by molar-refractivity contribution is 0.390. The highest BCUT2D eigenvalue weighted by Crippen LogP contribution is 2.18. The number of nitrogens with two attached hydrogens (primary N) is 1. The molecule has 5 nitrogen and oxygen atoms in total. The highest BCUT2D eigenvalue weighted by Gasteiger charge is 2.08. The summed E-state index contributed by atoms with van der Waals surface area (Å²) in [7, 11) is 0. The van der Waals surface area contributed by atoms with Crippen LogP contribution in [0.25, 0.3) is 11.0 Å². The Hall–Kier alpha value is -1.89. The van der Waals surface area contributed by atoms with Crippen LogP contribution in [-0.4, -0.2) is 14.9 Å². The molecule has 0 aliphatic carbocycles. The summed E-state index contributed by atoms with van der Waals surface area (Å²) < 4.78 is 13.5. The molecule has 0 aliphatic heterocycles. The fraction of sp³-hybridized carbons (Fsp3) is 0. The van der Waals surface area contributed by atoms with Gasteiger partial charge in [0.2, 0.25) is 0 Å². The van der Waals surface area contributed by atoms with Crippen molar-refractivity contribution in [1.82, 2.24) is 15.2 Å². The molecule has 0 saturated heterocycles. The van der Waals surface area contributed by atoms with Gasteiger partial charge < -0.3 is 5.73 Å². The van der Waals surface area contributed by atoms with Crippen LogP contribution in [0.15, 0.2) is 24.3 Å². The number of hydrazine groups is 1. The van der Waals surface area contributed by atoms with Crippen molar-refractivity contribution in [3.8, 4) is 0 Å². The Bertz CT molecular complexity index is 509. The third-order valence-corrected chi connectivity index (χ3v) is 1.91. The lowest BCUT2D eigenvalue weighted by Gasteiger charge is -2.04. The number of nitrogens with zero attached hydrogens (tertiary/aromatic N) is 2. The van der Waals surface area contributed by atoms with Gasteiger partial charge in [-0.2, -0.15) is 0 Å². The Morgan fingerprint density at radius 2 is 2.20 bits per heavy atom. The zero-order chi connectivity index (χ0) is 10.8. The molecule has 0 amide bonds. The number of para-hydroxylation sites is 2. The number of benzene rings is 1. The van der Waals surface area contributed by atoms with E-state index in [0.29, 0.717) is 15.8 Å². The molecule has 1 heterocycles. The molecule has 4 N–H and O–H groups in total. The molecule has 0 saturated carbocycles. The van der Waals surface area contributed by atoms with Crippen LogP contribution in [0.5, 0.6) is 0 Å². The van der Waals surface area contributed by atoms with E-state index in [1.54, 1.807) is 24.3 Å². The van der Waals surface area contributed by atoms with E-state index in [1.165, 1.54) is 0 Å². The van der Waals surface area contributed by atoms with Crippen molar-refractivity contribution in [2.75, 3.05) is 5.43 Å². The Labute approximate surface area is 90.0 Å². The molecule has 0 aliphatic rings. The molecule has 1 aromatic carbocycles. The Morgan fingerprint density at radius 3 is 2.87 bits per heavy atom. The van der Waals surface area contributed by atoms with Gasteiger partial charge in [-0.25, -0.2) is 4.98 Å². The maximum absolute atomic E-state index is 13.5. The molecule has 78 valence electrons. The molecule has 0 unspecified atom stereocenters. The monoisotopic (exact) mass is 225 g/mol. The van der Waals surface area contributed by atoms with Crippen LogP contribution >= 0.6 is 12.2 Å². The minimum Gasteiger partial charge on any atom is -0.375 e. The first-order chi connectivity index (χ1) is 7.18. The molecule has 0 bridgehead atoms. The third kappa shape index (κ3) is 1.82. The van der Waals surface area contributed by atoms with E-state index in [4.69, 9.17) is 5.73 Å². The number of anilines is 1. The maximum Gasteiger partial charge on any atom is 0.252 e. The standard InChI is InChI=1S/C8H8FN5S/c9-14-6-4-2-1-3-5(6)11-8(14)13-12-7(10)15/h1-4H,(H,11,13)(H3,10,12,15). The Morgan fingerprint density at radius 1 is 1.47 bits per heavy atom. The van der Waals surface area contributed by atoms with Crippen molar-refractivity contribution < 1.29 is 4.48 Å². The van der Waals surface area contributed by atoms with Gasteiger partial charge in [-0.15, -0.1) is 4.79 Å². The van der Waals surface area contributed by atoms with E-state index in [0.717, 1.165) is 0 Å². The quantitative estimate of drug-likeness (QED) is 0.524. The van der Waals surface area contributed by atoms with Gasteiger partial charge in [0.05, 0.1) is 5.52 Å². The highest BCUT2D eigenvalue weighted by molar-refractivity contribution is 7.80. The number of fused-ring (bicyclic) bond motifs is 1. The van der Waals surface area contributed by atoms with E-state index < -0.39 is 0 Å². The van der Waals surface area contributed by atoms with E-state index >= 15 is 0 Å². The van der Waals surface area contributed by atoms with Crippen LogP contribution in [0.3, 0.4) is 0 Å². The van der Waals surface area contributed by atoms with E-state index in [9.17, 15) is 4.48 Å². The molecule has 0 atom stereocenters. The number of rotatable bonds is 2. The van der Waals surface area contributed by atoms with Gasteiger partial charge in [-0.3, -0.25) is 10.9 Å². The van der Waals surface area contributed by atoms with Gasteiger partial charge >= 0.3 is 0 Å². The molecular weight excluding hydrogens is 217 g/mol. The van der Waals surface area contributed by atoms with Crippen molar-refractivity contribution in [3.63, 3.8) is 0 Å². The average Bonchev–Trinajstić information content (AvgIpc) is 2.54. The summed E-state index contributed by atoms with van der Waals surface area (Å²) >= 11 is 4.56. The number of nitrogens with one attached hydrogen (secondary N) is 2. The van der Waals surface area contributed by atoms with Gasteiger partial charge in [0.15, 0.2) is 5.11 Å². The molecule has 1 aromatic heterocycles. The van der Waals surface area contributed by atoms with Crippen molar-refractivity contribution in [2.24, 2.45) is 5.73 Å². The normalized spacial score (nSPS) is 10.2. The molecule has 0 spiro atoms. The van der Waals surface area contributed by atoms with Crippen LogP contribution in [0.1, 0.15) is 0 Å². The number of aromatic nitrogens is 2. The minimum absolute atomic E-state index is 0.00370. The lowest BCUT2D eigenvalue weighted by atomic mass is 10.3. The highest BCUT2D eigenvalue weighted by atomic mass is 32.1. The van der Waals surface area contributed by atoms with Gasteiger partial charge in [0.25, 0.3) is 5.95 Å². The van der Waals surface area contributed by atoms with Crippen LogP contribution in [0.2, 0.25) is 0 Å². The summed E-state index contributed by atoms with van der Waals surface area (Å²) in [5.41, 5.74) is 11.0. The first-order valence-electron chi connectivity index (χ1n) is 4.13. The first-order valence-corrected chi connectivity index (χ1v) is 4.54. The molecular formula is C8H8FN5S. The van der Waals surface area contributed by atoms with E-state index in [1.807, 2.05) is 0 Å². The van der Waals surface area contributed by atoms with Gasteiger partial charge in [0.1, 0.15) is 5.52 Å². The summed E-state index contributed by atoms with van der Waals surface area (Å²) in [6, 6.07) is 6.83. The van der Waals surface area contributed by atoms with E-state index in [-0.39, 0.29) is 11.1 Å². The SMILES string of the molecule is NC(=S)NNc1nc2ccccc2n1F. The lowest BCUT2D eigenvalue weighted by Crippen LogP contribution is -2.34. The Kier molecular flexibility index (Phi) is 2.38. The van der Waals surface area contributed by atoms with Gasteiger partial charge in [0, 0.05) is 0 Å². The second-order valence-electron chi connectivity index (χ2n) is 2.82. The van der Waals surface area contributed by atoms with Crippen molar-refractivity contribution in [2.45, 2.75) is 0 Å². The number of imidazole rings is 1. The smallest absolute Gasteiger partial charge is 0.252 e. The van der Waals surface area contributed by atoms with Crippen molar-refractivity contribution in [1.29, 1.82) is 0 Å². The fourth-order valence-corrected chi connectivity index (χ4v) is 1.24. The Balaban J connectivity index is 2.36. The van der Waals surface area contributed by atoms with Crippen molar-refractivity contribution >= 4 is 34.3 Å². The van der Waals surface area contributed by atoms with Crippen LogP contribution in [0, 0.1) is 0 Å². The predicted molar refractivity (Wildman–Crippen MR) is 59.8 cm³/mol. The molecule has 0 radical (unpaired) electrons. The number of hydrogen-bond donors (Lipinski definition) is 3. The number of hydrogen-bond acceptors (Lipinski definition) is 3. The second-order valence-corrected chi connectivity index (χ2v) is 3.26. The zero-order valence-corrected chi connectivity index (χ0v) is 8.38. The summed E-state index contributed by atoms with van der Waals surface area (Å²) in [6.07, 6.45) is 0. The van der Waals surface area contributed by atoms with Gasteiger partial charge in [-0.1, -0.05) is 16.6 Å². The first kappa shape index (κ1) is 9.66. The van der Waals surface area contributed by atoms with E-state index in [2.05, 4.69) is 28.1 Å². The van der Waals surface area contributed by atoms with Gasteiger partial charge in [-0.05, 0) is 24.4 Å². The maximum atomic E-state index is 13.5. The van der Waals surface area contributed by atoms with Crippen LogP contribution < -0.4 is 16.6 Å². The topological polar surface area (TPSA) is 67.9 Å². The molecule has 15 heavy (non-hydrogen) atoms. The summed E-state index contributed by atoms with van der Waals surface area (Å²) in [5, 5.41) is 0.0158. The molecule has 0 fully saturated rings. The summed E-state index contributed by atoms with van der Waals surface area (Å²) in [5.74, 6) is 0.00370. The molecule has 2 rings (SSSR count). The summed E-state index contributed by atoms with van der Waals surface area (Å²) in [6.45, 7) is 0. The van der Waals surface area contributed by atoms with Crippen LogP contribution in [0.4, 0.5) is 10.4 Å². The minimum atomic E-state index is 0.00370.